The molecule has 1 heterocycles. The van der Waals surface area contributed by atoms with Gasteiger partial charge in [-0.15, -0.1) is 0 Å². The van der Waals surface area contributed by atoms with E-state index in [-0.39, 0.29) is 17.9 Å². The molecular weight excluding hydrogens is 307 g/mol. The molecule has 0 aliphatic carbocycles. The van der Waals surface area contributed by atoms with Crippen LogP contribution in [0.25, 0.3) is 11.0 Å². The average molecular weight is 319 g/mol. The standard InChI is InChI=1S/C16H12F3N3O/c1-23-12-6-9(14(17)16(19)15(12)18)7-21-13-8-20-10-4-2-3-5-11(10)22-13/h2-6,8H,7H2,1H3,(H,21,22). The van der Waals surface area contributed by atoms with Gasteiger partial charge in [-0.3, -0.25) is 4.98 Å². The van der Waals surface area contributed by atoms with E-state index in [2.05, 4.69) is 15.3 Å². The topological polar surface area (TPSA) is 47.0 Å². The Balaban J connectivity index is 1.86. The second-order valence-electron chi connectivity index (χ2n) is 4.78. The highest BCUT2D eigenvalue weighted by molar-refractivity contribution is 5.75. The molecule has 0 aliphatic heterocycles. The first-order valence-corrected chi connectivity index (χ1v) is 6.76. The molecule has 3 rings (SSSR count). The Kier molecular flexibility index (Phi) is 4.01. The number of nitrogens with zero attached hydrogens (tertiary/aromatic N) is 2. The lowest BCUT2D eigenvalue weighted by atomic mass is 10.1. The quantitative estimate of drug-likeness (QED) is 0.746. The van der Waals surface area contributed by atoms with E-state index in [0.717, 1.165) is 11.6 Å². The van der Waals surface area contributed by atoms with E-state index in [9.17, 15) is 13.2 Å². The minimum Gasteiger partial charge on any atom is -0.494 e. The van der Waals surface area contributed by atoms with Gasteiger partial charge < -0.3 is 10.1 Å². The van der Waals surface area contributed by atoms with Gasteiger partial charge in [0.05, 0.1) is 24.3 Å². The van der Waals surface area contributed by atoms with E-state index in [1.165, 1.54) is 13.3 Å². The lowest BCUT2D eigenvalue weighted by Gasteiger charge is -2.10. The first kappa shape index (κ1) is 15.1. The van der Waals surface area contributed by atoms with Gasteiger partial charge in [-0.25, -0.2) is 13.8 Å². The SMILES string of the molecule is COc1cc(CNc2cnc3ccccc3n2)c(F)c(F)c1F. The fraction of sp³-hybridized carbons (Fsp3) is 0.125. The molecule has 0 fully saturated rings. The fourth-order valence-corrected chi connectivity index (χ4v) is 2.14. The molecule has 3 aromatic rings. The second-order valence-corrected chi connectivity index (χ2v) is 4.78. The minimum absolute atomic E-state index is 0.0734. The maximum absolute atomic E-state index is 13.8. The van der Waals surface area contributed by atoms with Crippen molar-refractivity contribution in [2.24, 2.45) is 0 Å². The maximum Gasteiger partial charge on any atom is 0.203 e. The number of nitrogens with one attached hydrogen (secondary N) is 1. The highest BCUT2D eigenvalue weighted by Crippen LogP contribution is 2.25. The number of para-hydroxylation sites is 2. The summed E-state index contributed by atoms with van der Waals surface area (Å²) in [7, 11) is 1.18. The summed E-state index contributed by atoms with van der Waals surface area (Å²) in [6.07, 6.45) is 1.48. The van der Waals surface area contributed by atoms with Crippen molar-refractivity contribution in [1.82, 2.24) is 9.97 Å². The van der Waals surface area contributed by atoms with Gasteiger partial charge in [-0.1, -0.05) is 12.1 Å². The van der Waals surface area contributed by atoms with Crippen molar-refractivity contribution in [2.75, 3.05) is 12.4 Å². The lowest BCUT2D eigenvalue weighted by Crippen LogP contribution is -2.07. The van der Waals surface area contributed by atoms with Gasteiger partial charge in [0.15, 0.2) is 17.4 Å². The van der Waals surface area contributed by atoms with Crippen molar-refractivity contribution in [3.05, 3.63) is 59.5 Å². The smallest absolute Gasteiger partial charge is 0.203 e. The third kappa shape index (κ3) is 2.90. The molecule has 0 bridgehead atoms. The fourth-order valence-electron chi connectivity index (χ4n) is 2.14. The summed E-state index contributed by atoms with van der Waals surface area (Å²) in [4.78, 5) is 8.51. The molecule has 1 N–H and O–H groups in total. The number of ether oxygens (including phenoxy) is 1. The number of benzene rings is 2. The van der Waals surface area contributed by atoms with Gasteiger partial charge >= 0.3 is 0 Å². The molecule has 0 saturated heterocycles. The van der Waals surface area contributed by atoms with Crippen molar-refractivity contribution in [2.45, 2.75) is 6.54 Å². The Morgan fingerprint density at radius 3 is 2.52 bits per heavy atom. The first-order valence-electron chi connectivity index (χ1n) is 6.76. The van der Waals surface area contributed by atoms with Crippen molar-refractivity contribution in [3.63, 3.8) is 0 Å². The molecule has 0 radical (unpaired) electrons. The van der Waals surface area contributed by atoms with Crippen LogP contribution in [0.2, 0.25) is 0 Å². The van der Waals surface area contributed by atoms with Gasteiger partial charge in [0, 0.05) is 12.1 Å². The number of fused-ring (bicyclic) bond motifs is 1. The predicted molar refractivity (Wildman–Crippen MR) is 79.7 cm³/mol. The highest BCUT2D eigenvalue weighted by Gasteiger charge is 2.19. The molecular formula is C16H12F3N3O. The monoisotopic (exact) mass is 319 g/mol. The van der Waals surface area contributed by atoms with Crippen molar-refractivity contribution in [1.29, 1.82) is 0 Å². The summed E-state index contributed by atoms with van der Waals surface area (Å²) in [6.45, 7) is -0.0909. The third-order valence-electron chi connectivity index (χ3n) is 3.32. The summed E-state index contributed by atoms with van der Waals surface area (Å²) in [5.41, 5.74) is 1.32. The number of halogens is 3. The van der Waals surface area contributed by atoms with Gasteiger partial charge in [-0.2, -0.15) is 4.39 Å². The Morgan fingerprint density at radius 2 is 1.78 bits per heavy atom. The van der Waals surface area contributed by atoms with Gasteiger partial charge in [0.2, 0.25) is 5.82 Å². The number of anilines is 1. The Morgan fingerprint density at radius 1 is 1.04 bits per heavy atom. The second kappa shape index (κ2) is 6.12. The van der Waals surface area contributed by atoms with Crippen molar-refractivity contribution < 1.29 is 17.9 Å². The van der Waals surface area contributed by atoms with E-state index < -0.39 is 17.5 Å². The largest absolute Gasteiger partial charge is 0.494 e. The minimum atomic E-state index is -1.56. The van der Waals surface area contributed by atoms with Crippen LogP contribution in [0.15, 0.2) is 36.5 Å². The number of hydrogen-bond acceptors (Lipinski definition) is 4. The molecule has 4 nitrogen and oxygen atoms in total. The molecule has 0 aliphatic rings. The zero-order valence-corrected chi connectivity index (χ0v) is 12.1. The van der Waals surface area contributed by atoms with Crippen LogP contribution >= 0.6 is 0 Å². The predicted octanol–water partition coefficient (Wildman–Crippen LogP) is 3.67. The molecule has 0 unspecified atom stereocenters. The van der Waals surface area contributed by atoms with E-state index in [1.807, 2.05) is 18.2 Å². The van der Waals surface area contributed by atoms with E-state index in [0.29, 0.717) is 11.3 Å². The van der Waals surface area contributed by atoms with E-state index in [1.54, 1.807) is 6.07 Å². The first-order chi connectivity index (χ1) is 11.1. The third-order valence-corrected chi connectivity index (χ3v) is 3.32. The Labute approximate surface area is 129 Å². The summed E-state index contributed by atoms with van der Waals surface area (Å²) in [6, 6.07) is 8.36. The molecule has 23 heavy (non-hydrogen) atoms. The Bertz CT molecular complexity index is 871. The molecule has 118 valence electrons. The molecule has 0 spiro atoms. The maximum atomic E-state index is 13.8. The van der Waals surface area contributed by atoms with Crippen LogP contribution in [-0.2, 0) is 6.54 Å². The molecule has 1 aromatic heterocycles. The number of methoxy groups -OCH3 is 1. The normalized spacial score (nSPS) is 10.8. The van der Waals surface area contributed by atoms with Gasteiger partial charge in [-0.05, 0) is 18.2 Å². The van der Waals surface area contributed by atoms with Gasteiger partial charge in [0.25, 0.3) is 0 Å². The molecule has 0 atom stereocenters. The highest BCUT2D eigenvalue weighted by atomic mass is 19.2. The summed E-state index contributed by atoms with van der Waals surface area (Å²) >= 11 is 0. The van der Waals surface area contributed by atoms with E-state index >= 15 is 0 Å². The van der Waals surface area contributed by atoms with Crippen LogP contribution in [0, 0.1) is 17.5 Å². The lowest BCUT2D eigenvalue weighted by molar-refractivity contribution is 0.358. The van der Waals surface area contributed by atoms with Crippen LogP contribution in [0.4, 0.5) is 19.0 Å². The van der Waals surface area contributed by atoms with Crippen LogP contribution in [0.1, 0.15) is 5.56 Å². The zero-order chi connectivity index (χ0) is 16.4. The number of hydrogen-bond donors (Lipinski definition) is 1. The van der Waals surface area contributed by atoms with Gasteiger partial charge in [0.1, 0.15) is 5.82 Å². The average Bonchev–Trinajstić information content (AvgIpc) is 2.59. The van der Waals surface area contributed by atoms with Crippen molar-refractivity contribution in [3.8, 4) is 5.75 Å². The van der Waals surface area contributed by atoms with Crippen LogP contribution in [0.3, 0.4) is 0 Å². The van der Waals surface area contributed by atoms with Crippen molar-refractivity contribution >= 4 is 16.9 Å². The van der Waals surface area contributed by atoms with Crippen LogP contribution < -0.4 is 10.1 Å². The molecule has 0 amide bonds. The number of rotatable bonds is 4. The zero-order valence-electron chi connectivity index (χ0n) is 12.1. The van der Waals surface area contributed by atoms with E-state index in [4.69, 9.17) is 4.74 Å². The number of aromatic nitrogens is 2. The molecule has 2 aromatic carbocycles. The summed E-state index contributed by atoms with van der Waals surface area (Å²) < 4.78 is 45.4. The summed E-state index contributed by atoms with van der Waals surface area (Å²) in [5, 5.41) is 2.83. The molecule has 7 heteroatoms. The van der Waals surface area contributed by atoms with Crippen LogP contribution in [-0.4, -0.2) is 17.1 Å². The Hall–Kier alpha value is -2.83. The molecule has 0 saturated carbocycles. The summed E-state index contributed by atoms with van der Waals surface area (Å²) in [5.74, 6) is -4.13. The van der Waals surface area contributed by atoms with Crippen LogP contribution in [0.5, 0.6) is 5.75 Å².